The van der Waals surface area contributed by atoms with Crippen molar-refractivity contribution in [3.63, 3.8) is 0 Å². The molecule has 0 N–H and O–H groups in total. The van der Waals surface area contributed by atoms with E-state index in [1.807, 2.05) is 0 Å². The third kappa shape index (κ3) is 6.97. The van der Waals surface area contributed by atoms with Crippen molar-refractivity contribution < 1.29 is 89.4 Å². The Hall–Kier alpha value is 0.862. The van der Waals surface area contributed by atoms with Crippen LogP contribution in [0, 0.1) is 0 Å². The van der Waals surface area contributed by atoms with Gasteiger partial charge >= 0.3 is 80.8 Å². The number of carbonyl (C=O) groups excluding carboxylic acids is 3. The topological polar surface area (TPSA) is 60.4 Å². The van der Waals surface area contributed by atoms with Gasteiger partial charge in [-0.25, -0.2) is 4.79 Å². The molecule has 0 aromatic heterocycles. The van der Waals surface area contributed by atoms with Gasteiger partial charge in [0.1, 0.15) is 0 Å². The Morgan fingerprint density at radius 1 is 1.20 bits per heavy atom. The molecule has 0 rings (SSSR count). The molecule has 0 saturated heterocycles. The normalized spacial score (nSPS) is 7.40. The van der Waals surface area contributed by atoms with Crippen molar-refractivity contribution in [2.24, 2.45) is 0 Å². The maximum Gasteiger partial charge on any atom is 1.00 e. The summed E-state index contributed by atoms with van der Waals surface area (Å²) in [4.78, 5) is 30.2. The van der Waals surface area contributed by atoms with Crippen LogP contribution in [0.25, 0.3) is 0 Å². The number of Topliss-reactive ketones (excluding diaryl/α,β-unsaturated/α-hetero) is 1. The molecule has 0 aromatic carbocycles. The summed E-state index contributed by atoms with van der Waals surface area (Å²) in [6.07, 6.45) is 0. The smallest absolute Gasteiger partial charge is 1.00 e. The fourth-order valence-corrected chi connectivity index (χ4v) is 0.202. The Morgan fingerprint density at radius 3 is 1.70 bits per heavy atom. The fraction of sp³-hybridized carbons (Fsp3) is 0.400. The number of esters is 2. The molecule has 0 atom stereocenters. The predicted molar refractivity (Wildman–Crippen MR) is 28.6 cm³/mol. The molecule has 52 valence electrons. The van der Waals surface area contributed by atoms with Crippen molar-refractivity contribution in [1.29, 1.82) is 0 Å². The van der Waals surface area contributed by atoms with Crippen LogP contribution in [0.1, 0.15) is 15.3 Å². The molecule has 4 nitrogen and oxygen atoms in total. The summed E-state index contributed by atoms with van der Waals surface area (Å²) in [5, 5.41) is 0. The molecule has 0 aliphatic carbocycles. The molecule has 10 heavy (non-hydrogen) atoms. The summed E-state index contributed by atoms with van der Waals surface area (Å²) in [5.41, 5.74) is 0. The first-order chi connectivity index (χ1) is 4.04. The Bertz CT molecular complexity index is 168. The van der Waals surface area contributed by atoms with Gasteiger partial charge in [-0.05, 0) is 0 Å². The second-order valence-corrected chi connectivity index (χ2v) is 1.44. The third-order valence-corrected chi connectivity index (χ3v) is 0.524. The summed E-state index contributed by atoms with van der Waals surface area (Å²) < 4.78 is 3.88. The van der Waals surface area contributed by atoms with E-state index in [4.69, 9.17) is 0 Å². The Morgan fingerprint density at radius 2 is 1.60 bits per heavy atom. The molecule has 0 amide bonds. The Kier molecular flexibility index (Phi) is 8.83. The summed E-state index contributed by atoms with van der Waals surface area (Å²) in [6, 6.07) is 0. The predicted octanol–water partition coefficient (Wildman–Crippen LogP) is -3.22. The van der Waals surface area contributed by atoms with Crippen molar-refractivity contribution in [3.05, 3.63) is 0 Å². The molecule has 0 saturated carbocycles. The van der Waals surface area contributed by atoms with E-state index >= 15 is 0 Å². The quantitative estimate of drug-likeness (QED) is 0.284. The standard InChI is InChI=1S/C5H6O4.Cs.H/c1-3(6)5(8)9-4(2)7;;/h1-2H3;;/q;+1;-1. The molecule has 0 heterocycles. The van der Waals surface area contributed by atoms with E-state index in [0.29, 0.717) is 0 Å². The second kappa shape index (κ2) is 6.56. The van der Waals surface area contributed by atoms with Gasteiger partial charge in [0.2, 0.25) is 5.78 Å². The van der Waals surface area contributed by atoms with Crippen molar-refractivity contribution in [1.82, 2.24) is 0 Å². The molecule has 0 aliphatic rings. The van der Waals surface area contributed by atoms with Crippen molar-refractivity contribution in [2.45, 2.75) is 13.8 Å². The summed E-state index contributed by atoms with van der Waals surface area (Å²) in [7, 11) is 0. The van der Waals surface area contributed by atoms with E-state index in [9.17, 15) is 14.4 Å². The first kappa shape index (κ1) is 13.5. The zero-order valence-electron chi connectivity index (χ0n) is 7.13. The Labute approximate surface area is 119 Å². The molecular formula is C5H7CsO4. The maximum absolute atomic E-state index is 10.2. The van der Waals surface area contributed by atoms with E-state index in [2.05, 4.69) is 4.74 Å². The van der Waals surface area contributed by atoms with Crippen LogP contribution in [0.5, 0.6) is 0 Å². The minimum atomic E-state index is -1.11. The molecule has 0 fully saturated rings. The molecule has 0 aliphatic heterocycles. The zero-order valence-corrected chi connectivity index (χ0v) is 12.4. The third-order valence-electron chi connectivity index (χ3n) is 0.524. The van der Waals surface area contributed by atoms with Gasteiger partial charge < -0.3 is 6.16 Å². The number of hydrogen-bond donors (Lipinski definition) is 0. The first-order valence-electron chi connectivity index (χ1n) is 2.27. The van der Waals surface area contributed by atoms with E-state index in [-0.39, 0.29) is 70.3 Å². The molecule has 0 unspecified atom stereocenters. The molecule has 0 bridgehead atoms. The van der Waals surface area contributed by atoms with Crippen molar-refractivity contribution >= 4 is 17.7 Å². The fourth-order valence-electron chi connectivity index (χ4n) is 0.202. The zero-order chi connectivity index (χ0) is 7.44. The van der Waals surface area contributed by atoms with Crippen LogP contribution in [0.4, 0.5) is 0 Å². The monoisotopic (exact) mass is 264 g/mol. The van der Waals surface area contributed by atoms with Gasteiger partial charge in [0.25, 0.3) is 0 Å². The van der Waals surface area contributed by atoms with E-state index < -0.39 is 17.7 Å². The average Bonchev–Trinajstić information content (AvgIpc) is 1.63. The molecule has 5 heteroatoms. The van der Waals surface area contributed by atoms with E-state index in [1.165, 1.54) is 0 Å². The summed E-state index contributed by atoms with van der Waals surface area (Å²) in [5.74, 6) is -2.65. The van der Waals surface area contributed by atoms with Crippen LogP contribution in [-0.4, -0.2) is 17.7 Å². The van der Waals surface area contributed by atoms with Gasteiger partial charge in [-0.2, -0.15) is 0 Å². The number of ether oxygens (including phenoxy) is 1. The number of ketones is 1. The van der Waals surface area contributed by atoms with Crippen LogP contribution in [0.3, 0.4) is 0 Å². The van der Waals surface area contributed by atoms with Crippen LogP contribution < -0.4 is 68.9 Å². The summed E-state index contributed by atoms with van der Waals surface area (Å²) in [6.45, 7) is 2.09. The van der Waals surface area contributed by atoms with Crippen LogP contribution in [0.2, 0.25) is 0 Å². The van der Waals surface area contributed by atoms with Gasteiger partial charge in [0.05, 0.1) is 0 Å². The van der Waals surface area contributed by atoms with Gasteiger partial charge in [-0.15, -0.1) is 0 Å². The van der Waals surface area contributed by atoms with Crippen LogP contribution in [0.15, 0.2) is 0 Å². The maximum atomic E-state index is 10.2. The Balaban J connectivity index is -0.000000320. The SMILES string of the molecule is CC(=O)OC(=O)C(C)=O.[Cs+].[H-]. The van der Waals surface area contributed by atoms with Gasteiger partial charge in [0, 0.05) is 13.8 Å². The van der Waals surface area contributed by atoms with Gasteiger partial charge in [-0.3, -0.25) is 9.59 Å². The minimum Gasteiger partial charge on any atom is -1.00 e. The minimum absolute atomic E-state index is 0. The van der Waals surface area contributed by atoms with Crippen LogP contribution >= 0.6 is 0 Å². The van der Waals surface area contributed by atoms with Gasteiger partial charge in [-0.1, -0.05) is 0 Å². The van der Waals surface area contributed by atoms with E-state index in [1.54, 1.807) is 0 Å². The van der Waals surface area contributed by atoms with Crippen LogP contribution in [-0.2, 0) is 19.1 Å². The molecule has 0 spiro atoms. The number of carbonyl (C=O) groups is 3. The first-order valence-corrected chi connectivity index (χ1v) is 2.27. The van der Waals surface area contributed by atoms with Gasteiger partial charge in [0.15, 0.2) is 0 Å². The molecular weight excluding hydrogens is 257 g/mol. The van der Waals surface area contributed by atoms with Crippen molar-refractivity contribution in [3.8, 4) is 0 Å². The number of rotatable bonds is 1. The second-order valence-electron chi connectivity index (χ2n) is 1.44. The van der Waals surface area contributed by atoms with E-state index in [0.717, 1.165) is 13.8 Å². The van der Waals surface area contributed by atoms with Crippen molar-refractivity contribution in [2.75, 3.05) is 0 Å². The number of hydrogen-bond acceptors (Lipinski definition) is 4. The summed E-state index contributed by atoms with van der Waals surface area (Å²) >= 11 is 0. The molecule has 0 aromatic rings. The largest absolute Gasteiger partial charge is 1.00 e. The average molecular weight is 264 g/mol. The molecule has 0 radical (unpaired) electrons.